The van der Waals surface area contributed by atoms with E-state index in [1.165, 1.54) is 0 Å². The van der Waals surface area contributed by atoms with Gasteiger partial charge in [0.1, 0.15) is 6.04 Å². The van der Waals surface area contributed by atoms with Gasteiger partial charge in [0, 0.05) is 37.4 Å². The standard InChI is InChI=1S/C34H43ClN6O5S/c1-5-6-9-26-20-28(38-39(26)4)34(44)40-16-13-24(14-17-40)12-15-36-31(42)21-30-33(43)37-27-10-7-8-11-29(27)41(30)47(45,46)32-22(2)18-25(35)19-23(32)3/h7-8,10-11,18-20,24,30H,5-6,9,12-17,21H2,1-4H3,(H,36,42)(H,37,43). The maximum Gasteiger partial charge on any atom is 0.274 e. The molecule has 0 saturated carbocycles. The van der Waals surface area contributed by atoms with Crippen molar-refractivity contribution in [3.05, 3.63) is 70.0 Å². The zero-order valence-corrected chi connectivity index (χ0v) is 29.0. The number of hydrogen-bond acceptors (Lipinski definition) is 6. The molecule has 2 N–H and O–H groups in total. The largest absolute Gasteiger partial charge is 0.356 e. The molecule has 13 heteroatoms. The number of nitrogens with one attached hydrogen (secondary N) is 2. The van der Waals surface area contributed by atoms with E-state index in [0.29, 0.717) is 65.2 Å². The molecule has 1 unspecified atom stereocenters. The van der Waals surface area contributed by atoms with Crippen LogP contribution in [0.25, 0.3) is 0 Å². The third-order valence-electron chi connectivity index (χ3n) is 9.06. The van der Waals surface area contributed by atoms with E-state index < -0.39 is 27.9 Å². The number of para-hydroxylation sites is 2. The molecule has 2 aromatic carbocycles. The van der Waals surface area contributed by atoms with E-state index in [1.54, 1.807) is 54.9 Å². The SMILES string of the molecule is CCCCc1cc(C(=O)N2CCC(CCNC(=O)CC3C(=O)Nc4ccccc4N3S(=O)(=O)c3c(C)cc(Cl)cc3C)CC2)nn1C. The number of amides is 3. The second kappa shape index (κ2) is 14.5. The van der Waals surface area contributed by atoms with E-state index in [1.807, 2.05) is 18.0 Å². The number of nitrogens with zero attached hydrogens (tertiary/aromatic N) is 4. The molecule has 1 saturated heterocycles. The Kier molecular flexibility index (Phi) is 10.6. The van der Waals surface area contributed by atoms with Crippen molar-refractivity contribution in [3.8, 4) is 0 Å². The van der Waals surface area contributed by atoms with Crippen molar-refractivity contribution in [2.45, 2.75) is 76.7 Å². The second-order valence-electron chi connectivity index (χ2n) is 12.5. The van der Waals surface area contributed by atoms with E-state index >= 15 is 0 Å². The number of anilines is 2. The highest BCUT2D eigenvalue weighted by Gasteiger charge is 2.43. The lowest BCUT2D eigenvalue weighted by atomic mass is 9.93. The van der Waals surface area contributed by atoms with Crippen LogP contribution in [0.4, 0.5) is 11.4 Å². The summed E-state index contributed by atoms with van der Waals surface area (Å²) in [6.07, 6.45) is 5.02. The van der Waals surface area contributed by atoms with Crippen molar-refractivity contribution in [1.82, 2.24) is 20.0 Å². The Labute approximate surface area is 281 Å². The first-order valence-corrected chi connectivity index (χ1v) is 18.0. The average molecular weight is 683 g/mol. The third kappa shape index (κ3) is 7.49. The normalized spacial score (nSPS) is 17.0. The number of sulfonamides is 1. The summed E-state index contributed by atoms with van der Waals surface area (Å²) in [6, 6.07) is 10.4. The highest BCUT2D eigenvalue weighted by Crippen LogP contribution is 2.39. The molecule has 252 valence electrons. The Bertz CT molecular complexity index is 1740. The van der Waals surface area contributed by atoms with Gasteiger partial charge in [-0.1, -0.05) is 37.1 Å². The summed E-state index contributed by atoms with van der Waals surface area (Å²) in [5.41, 5.74) is 3.09. The number of piperidine rings is 1. The number of fused-ring (bicyclic) bond motifs is 1. The van der Waals surface area contributed by atoms with Gasteiger partial charge in [0.2, 0.25) is 11.8 Å². The molecule has 3 amide bonds. The topological polar surface area (TPSA) is 134 Å². The molecule has 5 rings (SSSR count). The van der Waals surface area contributed by atoms with Crippen LogP contribution in [-0.4, -0.2) is 66.5 Å². The number of benzene rings is 2. The minimum atomic E-state index is -4.26. The van der Waals surface area contributed by atoms with Crippen LogP contribution in [0.1, 0.15) is 72.8 Å². The predicted octanol–water partition coefficient (Wildman–Crippen LogP) is 5.00. The van der Waals surface area contributed by atoms with Gasteiger partial charge in [-0.25, -0.2) is 8.42 Å². The summed E-state index contributed by atoms with van der Waals surface area (Å²) in [6.45, 7) is 7.08. The second-order valence-corrected chi connectivity index (χ2v) is 14.7. The van der Waals surface area contributed by atoms with E-state index in [9.17, 15) is 22.8 Å². The van der Waals surface area contributed by atoms with Crippen LogP contribution < -0.4 is 14.9 Å². The molecule has 0 aliphatic carbocycles. The lowest BCUT2D eigenvalue weighted by Gasteiger charge is -2.37. The van der Waals surface area contributed by atoms with Crippen molar-refractivity contribution in [2.75, 3.05) is 29.3 Å². The van der Waals surface area contributed by atoms with Crippen LogP contribution in [0.5, 0.6) is 0 Å². The summed E-state index contributed by atoms with van der Waals surface area (Å²) in [5.74, 6) is -0.725. The summed E-state index contributed by atoms with van der Waals surface area (Å²) >= 11 is 6.18. The Morgan fingerprint density at radius 2 is 1.77 bits per heavy atom. The van der Waals surface area contributed by atoms with Gasteiger partial charge in [0.05, 0.1) is 22.7 Å². The number of hydrogen-bond donors (Lipinski definition) is 2. The van der Waals surface area contributed by atoms with Crippen molar-refractivity contribution in [2.24, 2.45) is 13.0 Å². The van der Waals surface area contributed by atoms with E-state index in [2.05, 4.69) is 22.7 Å². The maximum atomic E-state index is 14.2. The maximum absolute atomic E-state index is 14.2. The Balaban J connectivity index is 1.20. The highest BCUT2D eigenvalue weighted by molar-refractivity contribution is 7.93. The van der Waals surface area contributed by atoms with Crippen molar-refractivity contribution in [1.29, 1.82) is 0 Å². The molecule has 0 radical (unpaired) electrons. The Morgan fingerprint density at radius 3 is 2.45 bits per heavy atom. The van der Waals surface area contributed by atoms with Gasteiger partial charge in [0.15, 0.2) is 5.69 Å². The van der Waals surface area contributed by atoms with Gasteiger partial charge in [0.25, 0.3) is 15.9 Å². The quantitative estimate of drug-likeness (QED) is 0.293. The molecule has 1 atom stereocenters. The minimum Gasteiger partial charge on any atom is -0.356 e. The lowest BCUT2D eigenvalue weighted by molar-refractivity contribution is -0.125. The summed E-state index contributed by atoms with van der Waals surface area (Å²) in [5, 5.41) is 10.5. The van der Waals surface area contributed by atoms with Gasteiger partial charge in [-0.2, -0.15) is 5.10 Å². The number of rotatable bonds is 11. The van der Waals surface area contributed by atoms with Crippen molar-refractivity contribution < 1.29 is 22.8 Å². The van der Waals surface area contributed by atoms with Gasteiger partial charge in [-0.3, -0.25) is 23.4 Å². The van der Waals surface area contributed by atoms with Crippen LogP contribution in [-0.2, 0) is 33.1 Å². The molecule has 3 aromatic rings. The Hall–Kier alpha value is -3.90. The fraction of sp³-hybridized carbons (Fsp3) is 0.471. The lowest BCUT2D eigenvalue weighted by Crippen LogP contribution is -2.53. The molecule has 2 aliphatic heterocycles. The number of carbonyl (C=O) groups is 3. The van der Waals surface area contributed by atoms with Crippen LogP contribution >= 0.6 is 11.6 Å². The molecule has 1 fully saturated rings. The van der Waals surface area contributed by atoms with Crippen LogP contribution in [0.3, 0.4) is 0 Å². The monoisotopic (exact) mass is 682 g/mol. The molecule has 47 heavy (non-hydrogen) atoms. The first kappa shape index (κ1) is 34.4. The fourth-order valence-electron chi connectivity index (χ4n) is 6.59. The summed E-state index contributed by atoms with van der Waals surface area (Å²) in [4.78, 5) is 41.5. The number of carbonyl (C=O) groups excluding carboxylic acids is 3. The summed E-state index contributed by atoms with van der Waals surface area (Å²) in [7, 11) is -2.39. The van der Waals surface area contributed by atoms with Gasteiger partial charge in [-0.15, -0.1) is 0 Å². The zero-order chi connectivity index (χ0) is 33.9. The Morgan fingerprint density at radius 1 is 1.09 bits per heavy atom. The molecular formula is C34H43ClN6O5S. The van der Waals surface area contributed by atoms with E-state index in [0.717, 1.165) is 42.1 Å². The smallest absolute Gasteiger partial charge is 0.274 e. The number of halogens is 1. The molecule has 11 nitrogen and oxygen atoms in total. The average Bonchev–Trinajstić information content (AvgIpc) is 3.39. The number of likely N-dealkylation sites (tertiary alicyclic amines) is 1. The van der Waals surface area contributed by atoms with E-state index in [-0.39, 0.29) is 17.2 Å². The third-order valence-corrected chi connectivity index (χ3v) is 11.4. The summed E-state index contributed by atoms with van der Waals surface area (Å²) < 4.78 is 31.3. The number of unbranched alkanes of at least 4 members (excludes halogenated alkanes) is 1. The molecule has 0 bridgehead atoms. The molecule has 0 spiro atoms. The van der Waals surface area contributed by atoms with Gasteiger partial charge >= 0.3 is 0 Å². The van der Waals surface area contributed by atoms with Crippen LogP contribution in [0.2, 0.25) is 5.02 Å². The van der Waals surface area contributed by atoms with Gasteiger partial charge < -0.3 is 15.5 Å². The van der Waals surface area contributed by atoms with Crippen molar-refractivity contribution in [3.63, 3.8) is 0 Å². The van der Waals surface area contributed by atoms with Crippen LogP contribution in [0.15, 0.2) is 47.4 Å². The first-order valence-electron chi connectivity index (χ1n) is 16.2. The number of aromatic nitrogens is 2. The fourth-order valence-corrected chi connectivity index (χ4v) is 8.97. The van der Waals surface area contributed by atoms with E-state index in [4.69, 9.17) is 11.6 Å². The van der Waals surface area contributed by atoms with Crippen LogP contribution in [0, 0.1) is 19.8 Å². The molecule has 2 aliphatic rings. The molecule has 1 aromatic heterocycles. The molecular weight excluding hydrogens is 640 g/mol. The number of aryl methyl sites for hydroxylation is 4. The predicted molar refractivity (Wildman–Crippen MR) is 182 cm³/mol. The first-order chi connectivity index (χ1) is 22.4. The molecule has 3 heterocycles. The highest BCUT2D eigenvalue weighted by atomic mass is 35.5. The van der Waals surface area contributed by atoms with Gasteiger partial charge in [-0.05, 0) is 93.3 Å². The van der Waals surface area contributed by atoms with Crippen molar-refractivity contribution >= 4 is 50.7 Å². The minimum absolute atomic E-state index is 0.0501. The zero-order valence-electron chi connectivity index (χ0n) is 27.4.